The maximum atomic E-state index is 11.8. The normalized spacial score (nSPS) is 26.1. The van der Waals surface area contributed by atoms with Gasteiger partial charge in [-0.2, -0.15) is 0 Å². The molecule has 8 heteroatoms. The Morgan fingerprint density at radius 3 is 2.53 bits per heavy atom. The highest BCUT2D eigenvalue weighted by Gasteiger charge is 2.39. The Bertz CT molecular complexity index is 396. The minimum atomic E-state index is -1.16. The lowest BCUT2D eigenvalue weighted by molar-refractivity contribution is -0.141. The molecular weight excluding hydrogens is 254 g/mol. The zero-order valence-corrected chi connectivity index (χ0v) is 10.3. The van der Waals surface area contributed by atoms with Crippen LogP contribution in [0.2, 0.25) is 0 Å². The van der Waals surface area contributed by atoms with Gasteiger partial charge in [0.2, 0.25) is 5.91 Å². The summed E-state index contributed by atoms with van der Waals surface area (Å²) < 4.78 is 0. The highest BCUT2D eigenvalue weighted by atomic mass is 16.4. The molecule has 2 rings (SSSR count). The van der Waals surface area contributed by atoms with Crippen LogP contribution in [0.3, 0.4) is 0 Å². The average molecular weight is 271 g/mol. The molecule has 0 aromatic heterocycles. The van der Waals surface area contributed by atoms with Gasteiger partial charge in [0, 0.05) is 19.0 Å². The number of likely N-dealkylation sites (tertiary alicyclic amines) is 1. The molecule has 1 aliphatic heterocycles. The minimum absolute atomic E-state index is 0.0109. The predicted octanol–water partition coefficient (Wildman–Crippen LogP) is -1.51. The summed E-state index contributed by atoms with van der Waals surface area (Å²) in [4.78, 5) is 35.1. The number of aliphatic hydroxyl groups excluding tert-OH is 1. The van der Waals surface area contributed by atoms with Gasteiger partial charge in [0.15, 0.2) is 0 Å². The van der Waals surface area contributed by atoms with Crippen LogP contribution < -0.4 is 10.6 Å². The summed E-state index contributed by atoms with van der Waals surface area (Å²) in [7, 11) is 0. The van der Waals surface area contributed by atoms with Crippen molar-refractivity contribution in [3.05, 3.63) is 0 Å². The number of amides is 3. The van der Waals surface area contributed by atoms with Gasteiger partial charge >= 0.3 is 12.0 Å². The third kappa shape index (κ3) is 3.57. The van der Waals surface area contributed by atoms with Crippen LogP contribution >= 0.6 is 0 Å². The van der Waals surface area contributed by atoms with E-state index >= 15 is 0 Å². The molecule has 0 spiro atoms. The second-order valence-electron chi connectivity index (χ2n) is 4.90. The van der Waals surface area contributed by atoms with Gasteiger partial charge in [0.05, 0.1) is 12.6 Å². The third-order valence-electron chi connectivity index (χ3n) is 3.17. The Morgan fingerprint density at radius 1 is 1.26 bits per heavy atom. The maximum Gasteiger partial charge on any atom is 0.326 e. The van der Waals surface area contributed by atoms with Crippen molar-refractivity contribution < 1.29 is 24.6 Å². The molecule has 0 bridgehead atoms. The number of carbonyl (C=O) groups is 3. The van der Waals surface area contributed by atoms with Gasteiger partial charge in [-0.05, 0) is 12.8 Å². The van der Waals surface area contributed by atoms with Crippen LogP contribution in [-0.4, -0.2) is 64.3 Å². The van der Waals surface area contributed by atoms with Crippen LogP contribution in [0.1, 0.15) is 19.3 Å². The number of carbonyl (C=O) groups excluding carboxylic acids is 2. The van der Waals surface area contributed by atoms with Crippen molar-refractivity contribution in [3.8, 4) is 0 Å². The number of nitrogens with zero attached hydrogens (tertiary/aromatic N) is 1. The summed E-state index contributed by atoms with van der Waals surface area (Å²) in [5.74, 6) is -1.45. The van der Waals surface area contributed by atoms with E-state index in [4.69, 9.17) is 5.11 Å². The molecule has 2 aliphatic rings. The second kappa shape index (κ2) is 5.43. The Morgan fingerprint density at radius 2 is 1.95 bits per heavy atom. The molecule has 0 aromatic carbocycles. The molecule has 1 aliphatic carbocycles. The highest BCUT2D eigenvalue weighted by Crippen LogP contribution is 2.19. The number of hydrogen-bond acceptors (Lipinski definition) is 4. The van der Waals surface area contributed by atoms with Gasteiger partial charge in [-0.1, -0.05) is 0 Å². The van der Waals surface area contributed by atoms with Gasteiger partial charge in [0.1, 0.15) is 6.04 Å². The summed E-state index contributed by atoms with van der Waals surface area (Å²) in [6, 6.07) is -1.47. The summed E-state index contributed by atoms with van der Waals surface area (Å²) in [5, 5.41) is 23.4. The molecule has 106 valence electrons. The molecule has 1 saturated heterocycles. The summed E-state index contributed by atoms with van der Waals surface area (Å²) in [5.41, 5.74) is 0. The topological polar surface area (TPSA) is 119 Å². The Labute approximate surface area is 109 Å². The molecule has 2 fully saturated rings. The quantitative estimate of drug-likeness (QED) is 0.496. The smallest absolute Gasteiger partial charge is 0.326 e. The van der Waals surface area contributed by atoms with E-state index in [0.717, 1.165) is 17.7 Å². The number of nitrogens with one attached hydrogen (secondary N) is 2. The van der Waals surface area contributed by atoms with Crippen LogP contribution in [0.5, 0.6) is 0 Å². The molecule has 19 heavy (non-hydrogen) atoms. The van der Waals surface area contributed by atoms with Crippen LogP contribution in [0.4, 0.5) is 4.79 Å². The Kier molecular flexibility index (Phi) is 3.89. The molecule has 1 heterocycles. The van der Waals surface area contributed by atoms with Crippen LogP contribution in [0.25, 0.3) is 0 Å². The number of aliphatic hydroxyl groups is 1. The standard InChI is InChI=1S/C11H17N3O5/c15-7-3-8(10(17)18)14(5-7)11(19)12-4-9(16)13-6-1-2-6/h6-8,15H,1-5H2,(H,12,19)(H,13,16)(H,17,18)/t7-,8-/m1/s1. The number of carboxylic acids is 1. The zero-order valence-electron chi connectivity index (χ0n) is 10.3. The second-order valence-corrected chi connectivity index (χ2v) is 4.90. The van der Waals surface area contributed by atoms with Crippen molar-refractivity contribution in [3.63, 3.8) is 0 Å². The molecule has 0 aromatic rings. The fourth-order valence-corrected chi connectivity index (χ4v) is 2.04. The lowest BCUT2D eigenvalue weighted by Gasteiger charge is -2.21. The first-order valence-electron chi connectivity index (χ1n) is 6.22. The van der Waals surface area contributed by atoms with E-state index in [1.807, 2.05) is 0 Å². The van der Waals surface area contributed by atoms with Crippen molar-refractivity contribution >= 4 is 17.9 Å². The SMILES string of the molecule is O=C(CNC(=O)N1C[C@H](O)C[C@@H]1C(=O)O)NC1CC1. The number of aliphatic carboxylic acids is 1. The van der Waals surface area contributed by atoms with E-state index in [1.165, 1.54) is 0 Å². The largest absolute Gasteiger partial charge is 0.480 e. The third-order valence-corrected chi connectivity index (χ3v) is 3.17. The molecule has 3 amide bonds. The molecule has 0 radical (unpaired) electrons. The summed E-state index contributed by atoms with van der Waals surface area (Å²) >= 11 is 0. The van der Waals surface area contributed by atoms with E-state index in [-0.39, 0.29) is 31.5 Å². The van der Waals surface area contributed by atoms with Crippen molar-refractivity contribution in [2.24, 2.45) is 0 Å². The van der Waals surface area contributed by atoms with Gasteiger partial charge in [0.25, 0.3) is 0 Å². The molecule has 2 atom stereocenters. The van der Waals surface area contributed by atoms with E-state index < -0.39 is 24.1 Å². The minimum Gasteiger partial charge on any atom is -0.480 e. The molecule has 8 nitrogen and oxygen atoms in total. The molecule has 4 N–H and O–H groups in total. The lowest BCUT2D eigenvalue weighted by Crippen LogP contribution is -2.48. The molecular formula is C11H17N3O5. The van der Waals surface area contributed by atoms with Gasteiger partial charge in [-0.15, -0.1) is 0 Å². The molecule has 0 unspecified atom stereocenters. The zero-order chi connectivity index (χ0) is 14.0. The highest BCUT2D eigenvalue weighted by molar-refractivity contribution is 5.87. The predicted molar refractivity (Wildman–Crippen MR) is 63.3 cm³/mol. The first-order valence-corrected chi connectivity index (χ1v) is 6.22. The Hall–Kier alpha value is -1.83. The van der Waals surface area contributed by atoms with Crippen molar-refractivity contribution in [2.45, 2.75) is 37.5 Å². The number of urea groups is 1. The van der Waals surface area contributed by atoms with Crippen molar-refractivity contribution in [2.75, 3.05) is 13.1 Å². The van der Waals surface area contributed by atoms with Gasteiger partial charge in [-0.3, -0.25) is 4.79 Å². The van der Waals surface area contributed by atoms with Gasteiger partial charge in [-0.25, -0.2) is 9.59 Å². The van der Waals surface area contributed by atoms with E-state index in [2.05, 4.69) is 10.6 Å². The van der Waals surface area contributed by atoms with E-state index in [9.17, 15) is 19.5 Å². The number of hydrogen-bond donors (Lipinski definition) is 4. The van der Waals surface area contributed by atoms with Gasteiger partial charge < -0.3 is 25.7 Å². The first-order chi connectivity index (χ1) is 8.97. The first kappa shape index (κ1) is 13.6. The monoisotopic (exact) mass is 271 g/mol. The summed E-state index contributed by atoms with van der Waals surface area (Å²) in [6.45, 7) is -0.221. The fourth-order valence-electron chi connectivity index (χ4n) is 2.04. The van der Waals surface area contributed by atoms with Crippen molar-refractivity contribution in [1.82, 2.24) is 15.5 Å². The molecule has 1 saturated carbocycles. The lowest BCUT2D eigenvalue weighted by atomic mass is 10.2. The number of carboxylic acid groups (broad SMARTS) is 1. The van der Waals surface area contributed by atoms with E-state index in [1.54, 1.807) is 0 Å². The van der Waals surface area contributed by atoms with Crippen LogP contribution in [0.15, 0.2) is 0 Å². The van der Waals surface area contributed by atoms with E-state index in [0.29, 0.717) is 0 Å². The fraction of sp³-hybridized carbons (Fsp3) is 0.727. The average Bonchev–Trinajstić information content (AvgIpc) is 3.05. The Balaban J connectivity index is 1.80. The van der Waals surface area contributed by atoms with Crippen LogP contribution in [-0.2, 0) is 9.59 Å². The van der Waals surface area contributed by atoms with Crippen LogP contribution in [0, 0.1) is 0 Å². The maximum absolute atomic E-state index is 11.8. The number of rotatable bonds is 4. The van der Waals surface area contributed by atoms with Crippen molar-refractivity contribution in [1.29, 1.82) is 0 Å². The summed E-state index contributed by atoms with van der Waals surface area (Å²) in [6.07, 6.45) is 1.09. The number of β-amino-alcohol motifs (C(OH)–C–C–N with tert-alkyl or cyclic N) is 1.